The van der Waals surface area contributed by atoms with Gasteiger partial charge in [0.1, 0.15) is 0 Å². The van der Waals surface area contributed by atoms with Crippen LogP contribution in [0.15, 0.2) is 22.6 Å². The van der Waals surface area contributed by atoms with E-state index in [9.17, 15) is 9.59 Å². The van der Waals surface area contributed by atoms with Crippen LogP contribution < -0.4 is 5.32 Å². The predicted octanol–water partition coefficient (Wildman–Crippen LogP) is 2.09. The lowest BCUT2D eigenvalue weighted by atomic mass is 10.1. The summed E-state index contributed by atoms with van der Waals surface area (Å²) in [7, 11) is 1.55. The van der Waals surface area contributed by atoms with Crippen molar-refractivity contribution in [3.05, 3.63) is 28.6 Å². The summed E-state index contributed by atoms with van der Waals surface area (Å²) >= 11 is 4.92. The fraction of sp³-hybridized carbons (Fsp3) is 0.357. The molecule has 0 saturated heterocycles. The van der Waals surface area contributed by atoms with Crippen LogP contribution in [-0.2, 0) is 4.79 Å². The molecule has 6 nitrogen and oxygen atoms in total. The number of nitrogens with one attached hydrogen (secondary N) is 2. The third-order valence-electron chi connectivity index (χ3n) is 3.06. The topological polar surface area (TPSA) is 78.3 Å². The maximum Gasteiger partial charge on any atom is 0.266 e. The number of likely N-dealkylation sites (N-methyl/N-ethyl adjacent to an activating group) is 1. The number of rotatable bonds is 5. The molecule has 2 amide bonds. The Labute approximate surface area is 127 Å². The average molecular weight is 307 g/mol. The van der Waals surface area contributed by atoms with Crippen molar-refractivity contribution in [3.8, 4) is 0 Å². The van der Waals surface area contributed by atoms with E-state index < -0.39 is 0 Å². The van der Waals surface area contributed by atoms with E-state index in [1.54, 1.807) is 25.2 Å². The van der Waals surface area contributed by atoms with Crippen molar-refractivity contribution < 1.29 is 14.0 Å². The first-order chi connectivity index (χ1) is 10.0. The lowest BCUT2D eigenvalue weighted by Gasteiger charge is -2.21. The van der Waals surface area contributed by atoms with Crippen molar-refractivity contribution in [1.82, 2.24) is 15.2 Å². The zero-order valence-electron chi connectivity index (χ0n) is 11.9. The highest BCUT2D eigenvalue weighted by Crippen LogP contribution is 2.17. The number of hydrogen-bond acceptors (Lipinski definition) is 4. The molecule has 0 unspecified atom stereocenters. The standard InChI is InChI=1S/C14H17N3O3S/c1-3-6-17(8-12(18)15-2)13(19)9-4-5-10-11(7-9)20-14(21)16-10/h4-5,7H,3,6,8H2,1-2H3,(H,15,18)(H,16,21). The summed E-state index contributed by atoms with van der Waals surface area (Å²) in [4.78, 5) is 28.7. The lowest BCUT2D eigenvalue weighted by molar-refractivity contribution is -0.121. The Morgan fingerprint density at radius 3 is 2.86 bits per heavy atom. The zero-order chi connectivity index (χ0) is 15.4. The Hall–Kier alpha value is -2.15. The normalized spacial score (nSPS) is 10.6. The molecule has 0 saturated carbocycles. The zero-order valence-corrected chi connectivity index (χ0v) is 12.8. The fourth-order valence-corrected chi connectivity index (χ4v) is 2.24. The second-order valence-electron chi connectivity index (χ2n) is 4.63. The predicted molar refractivity (Wildman–Crippen MR) is 81.7 cm³/mol. The maximum absolute atomic E-state index is 12.5. The molecule has 7 heteroatoms. The second-order valence-corrected chi connectivity index (χ2v) is 5.00. The van der Waals surface area contributed by atoms with Crippen LogP contribution in [0.2, 0.25) is 0 Å². The molecule has 0 atom stereocenters. The summed E-state index contributed by atoms with van der Waals surface area (Å²) in [6, 6.07) is 5.07. The van der Waals surface area contributed by atoms with Crippen molar-refractivity contribution in [1.29, 1.82) is 0 Å². The molecule has 0 aliphatic rings. The smallest absolute Gasteiger partial charge is 0.266 e. The summed E-state index contributed by atoms with van der Waals surface area (Å²) in [6.45, 7) is 2.51. The Balaban J connectivity index is 2.28. The highest BCUT2D eigenvalue weighted by atomic mass is 32.1. The minimum atomic E-state index is -0.204. The number of H-pyrrole nitrogens is 1. The molecule has 0 radical (unpaired) electrons. The summed E-state index contributed by atoms with van der Waals surface area (Å²) in [6.07, 6.45) is 0.774. The van der Waals surface area contributed by atoms with Crippen LogP contribution in [0.25, 0.3) is 11.1 Å². The van der Waals surface area contributed by atoms with Crippen LogP contribution in [0.1, 0.15) is 23.7 Å². The summed E-state index contributed by atoms with van der Waals surface area (Å²) in [5, 5.41) is 2.52. The summed E-state index contributed by atoms with van der Waals surface area (Å²) in [5.74, 6) is -0.401. The first-order valence-electron chi connectivity index (χ1n) is 6.68. The van der Waals surface area contributed by atoms with Gasteiger partial charge >= 0.3 is 0 Å². The van der Waals surface area contributed by atoms with Gasteiger partial charge in [-0.05, 0) is 36.8 Å². The van der Waals surface area contributed by atoms with Gasteiger partial charge in [-0.25, -0.2) is 0 Å². The molecule has 0 aliphatic carbocycles. The van der Waals surface area contributed by atoms with Gasteiger partial charge < -0.3 is 19.6 Å². The van der Waals surface area contributed by atoms with E-state index in [0.717, 1.165) is 11.9 Å². The van der Waals surface area contributed by atoms with Crippen LogP contribution in [0.4, 0.5) is 0 Å². The number of aromatic amines is 1. The Morgan fingerprint density at radius 1 is 1.43 bits per heavy atom. The van der Waals surface area contributed by atoms with E-state index in [-0.39, 0.29) is 23.2 Å². The Morgan fingerprint density at radius 2 is 2.19 bits per heavy atom. The first kappa shape index (κ1) is 15.2. The third-order valence-corrected chi connectivity index (χ3v) is 3.25. The molecular formula is C14H17N3O3S. The largest absolute Gasteiger partial charge is 0.429 e. The monoisotopic (exact) mass is 307 g/mol. The van der Waals surface area contributed by atoms with E-state index >= 15 is 0 Å². The molecule has 21 heavy (non-hydrogen) atoms. The molecule has 112 valence electrons. The van der Waals surface area contributed by atoms with Crippen LogP contribution in [0, 0.1) is 4.84 Å². The Kier molecular flexibility index (Phi) is 4.74. The minimum Gasteiger partial charge on any atom is -0.429 e. The van der Waals surface area contributed by atoms with Gasteiger partial charge in [-0.1, -0.05) is 6.92 Å². The number of oxazole rings is 1. The molecule has 2 aromatic rings. The van der Waals surface area contributed by atoms with Gasteiger partial charge in [-0.3, -0.25) is 9.59 Å². The number of carbonyl (C=O) groups excluding carboxylic acids is 2. The maximum atomic E-state index is 12.5. The quantitative estimate of drug-likeness (QED) is 0.829. The molecule has 1 aromatic carbocycles. The minimum absolute atomic E-state index is 0.0395. The van der Waals surface area contributed by atoms with Gasteiger partial charge in [-0.15, -0.1) is 0 Å². The molecule has 0 fully saturated rings. The lowest BCUT2D eigenvalue weighted by Crippen LogP contribution is -2.40. The highest BCUT2D eigenvalue weighted by Gasteiger charge is 2.18. The van der Waals surface area contributed by atoms with Crippen LogP contribution in [0.5, 0.6) is 0 Å². The van der Waals surface area contributed by atoms with E-state index in [0.29, 0.717) is 17.7 Å². The number of amides is 2. The molecule has 1 aromatic heterocycles. The van der Waals surface area contributed by atoms with E-state index in [2.05, 4.69) is 10.3 Å². The number of nitrogens with zero attached hydrogens (tertiary/aromatic N) is 1. The molecule has 2 N–H and O–H groups in total. The average Bonchev–Trinajstić information content (AvgIpc) is 2.84. The molecular weight excluding hydrogens is 290 g/mol. The Bertz CT molecular complexity index is 720. The molecule has 0 bridgehead atoms. The number of hydrogen-bond donors (Lipinski definition) is 2. The third kappa shape index (κ3) is 3.49. The van der Waals surface area contributed by atoms with Crippen molar-refractivity contribution >= 4 is 35.1 Å². The number of benzene rings is 1. The molecule has 1 heterocycles. The molecule has 0 spiro atoms. The second kappa shape index (κ2) is 6.53. The van der Waals surface area contributed by atoms with Gasteiger partial charge in [-0.2, -0.15) is 0 Å². The SMILES string of the molecule is CCCN(CC(=O)NC)C(=O)c1ccc2[nH]c(=S)oc2c1. The van der Waals surface area contributed by atoms with Crippen LogP contribution in [0.3, 0.4) is 0 Å². The van der Waals surface area contributed by atoms with E-state index in [1.807, 2.05) is 6.92 Å². The number of carbonyl (C=O) groups is 2. The number of aromatic nitrogens is 1. The number of fused-ring (bicyclic) bond motifs is 1. The molecule has 0 aliphatic heterocycles. The van der Waals surface area contributed by atoms with Gasteiger partial charge in [0, 0.05) is 19.2 Å². The van der Waals surface area contributed by atoms with Crippen molar-refractivity contribution in [3.63, 3.8) is 0 Å². The van der Waals surface area contributed by atoms with Crippen molar-refractivity contribution in [2.75, 3.05) is 20.1 Å². The van der Waals surface area contributed by atoms with Gasteiger partial charge in [0.15, 0.2) is 5.58 Å². The van der Waals surface area contributed by atoms with Crippen LogP contribution in [-0.4, -0.2) is 41.8 Å². The fourth-order valence-electron chi connectivity index (χ4n) is 2.04. The van der Waals surface area contributed by atoms with E-state index in [4.69, 9.17) is 16.6 Å². The first-order valence-corrected chi connectivity index (χ1v) is 7.08. The van der Waals surface area contributed by atoms with Crippen molar-refractivity contribution in [2.24, 2.45) is 0 Å². The van der Waals surface area contributed by atoms with Gasteiger partial charge in [0.2, 0.25) is 5.91 Å². The highest BCUT2D eigenvalue weighted by molar-refractivity contribution is 7.71. The van der Waals surface area contributed by atoms with E-state index in [1.165, 1.54) is 4.90 Å². The van der Waals surface area contributed by atoms with Gasteiger partial charge in [0.25, 0.3) is 10.7 Å². The van der Waals surface area contributed by atoms with Crippen LogP contribution >= 0.6 is 12.2 Å². The summed E-state index contributed by atoms with van der Waals surface area (Å²) in [5.41, 5.74) is 1.74. The van der Waals surface area contributed by atoms with Gasteiger partial charge in [0.05, 0.1) is 12.1 Å². The summed E-state index contributed by atoms with van der Waals surface area (Å²) < 4.78 is 5.31. The molecule has 2 rings (SSSR count). The van der Waals surface area contributed by atoms with Crippen molar-refractivity contribution in [2.45, 2.75) is 13.3 Å².